The van der Waals surface area contributed by atoms with Crippen LogP contribution in [0.3, 0.4) is 0 Å². The molecule has 3 aliphatic carbocycles. The average molecular weight is 153 g/mol. The van der Waals surface area contributed by atoms with Crippen LogP contribution in [0.1, 0.15) is 39.0 Å². The van der Waals surface area contributed by atoms with Gasteiger partial charge in [-0.1, -0.05) is 12.8 Å². The van der Waals surface area contributed by atoms with E-state index in [2.05, 4.69) is 6.92 Å². The van der Waals surface area contributed by atoms with Crippen LogP contribution in [0, 0.1) is 17.8 Å². The van der Waals surface area contributed by atoms with Crippen molar-refractivity contribution in [3.8, 4) is 0 Å². The summed E-state index contributed by atoms with van der Waals surface area (Å²) < 4.78 is 0. The third-order valence-electron chi connectivity index (χ3n) is 3.78. The molecule has 3 saturated carbocycles. The van der Waals surface area contributed by atoms with Crippen molar-refractivity contribution in [2.45, 2.75) is 45.1 Å². The highest BCUT2D eigenvalue weighted by Crippen LogP contribution is 2.45. The first kappa shape index (κ1) is 7.60. The number of hydrogen-bond acceptors (Lipinski definition) is 1. The van der Waals surface area contributed by atoms with Crippen LogP contribution in [0.5, 0.6) is 0 Å². The van der Waals surface area contributed by atoms with Gasteiger partial charge in [-0.25, -0.2) is 0 Å². The van der Waals surface area contributed by atoms with Crippen molar-refractivity contribution in [3.63, 3.8) is 0 Å². The zero-order chi connectivity index (χ0) is 7.84. The largest absolute Gasteiger partial charge is 0.328 e. The van der Waals surface area contributed by atoms with Gasteiger partial charge in [0.25, 0.3) is 0 Å². The van der Waals surface area contributed by atoms with Gasteiger partial charge in [0.15, 0.2) is 0 Å². The highest BCUT2D eigenvalue weighted by molar-refractivity contribution is 4.89. The molecule has 2 N–H and O–H groups in total. The van der Waals surface area contributed by atoms with E-state index in [1.807, 2.05) is 0 Å². The second-order valence-electron chi connectivity index (χ2n) is 4.54. The van der Waals surface area contributed by atoms with E-state index >= 15 is 0 Å². The van der Waals surface area contributed by atoms with Crippen molar-refractivity contribution in [2.75, 3.05) is 0 Å². The van der Waals surface area contributed by atoms with Gasteiger partial charge in [0.1, 0.15) is 0 Å². The van der Waals surface area contributed by atoms with Crippen LogP contribution in [0.25, 0.3) is 0 Å². The summed E-state index contributed by atoms with van der Waals surface area (Å²) in [6.45, 7) is 2.19. The standard InChI is InChI=1S/C10H19N/c1-7(11)10-6-8-2-4-9(10)5-3-8/h7-10H,2-6,11H2,1H3/t7-,8?,9?,10-/m0/s1. The molecule has 0 aromatic rings. The van der Waals surface area contributed by atoms with Gasteiger partial charge in [0.05, 0.1) is 0 Å². The van der Waals surface area contributed by atoms with Crippen LogP contribution in [-0.2, 0) is 0 Å². The molecule has 64 valence electrons. The Kier molecular flexibility index (Phi) is 1.92. The molecule has 2 atom stereocenters. The Hall–Kier alpha value is -0.0400. The lowest BCUT2D eigenvalue weighted by Gasteiger charge is -2.44. The maximum atomic E-state index is 5.95. The maximum Gasteiger partial charge on any atom is 0.00415 e. The fourth-order valence-corrected chi connectivity index (χ4v) is 3.07. The molecule has 11 heavy (non-hydrogen) atoms. The minimum atomic E-state index is 0.447. The molecule has 3 fully saturated rings. The average Bonchev–Trinajstić information content (AvgIpc) is 2.06. The van der Waals surface area contributed by atoms with Crippen LogP contribution in [-0.4, -0.2) is 6.04 Å². The van der Waals surface area contributed by atoms with Gasteiger partial charge < -0.3 is 5.73 Å². The zero-order valence-electron chi connectivity index (χ0n) is 7.42. The monoisotopic (exact) mass is 153 g/mol. The van der Waals surface area contributed by atoms with Crippen molar-refractivity contribution in [1.82, 2.24) is 0 Å². The first-order valence-corrected chi connectivity index (χ1v) is 5.03. The van der Waals surface area contributed by atoms with Crippen molar-refractivity contribution in [3.05, 3.63) is 0 Å². The Balaban J connectivity index is 2.03. The summed E-state index contributed by atoms with van der Waals surface area (Å²) in [6, 6.07) is 0.447. The second-order valence-corrected chi connectivity index (χ2v) is 4.54. The summed E-state index contributed by atoms with van der Waals surface area (Å²) in [5.41, 5.74) is 5.95. The minimum Gasteiger partial charge on any atom is -0.328 e. The third kappa shape index (κ3) is 1.31. The highest BCUT2D eigenvalue weighted by Gasteiger charge is 2.36. The number of nitrogens with two attached hydrogens (primary N) is 1. The molecular formula is C10H19N. The summed E-state index contributed by atoms with van der Waals surface area (Å²) in [5, 5.41) is 0. The zero-order valence-corrected chi connectivity index (χ0v) is 7.42. The Morgan fingerprint density at radius 1 is 1.18 bits per heavy atom. The van der Waals surface area contributed by atoms with Crippen molar-refractivity contribution >= 4 is 0 Å². The second kappa shape index (κ2) is 2.78. The van der Waals surface area contributed by atoms with Gasteiger partial charge >= 0.3 is 0 Å². The van der Waals surface area contributed by atoms with Gasteiger partial charge in [0, 0.05) is 6.04 Å². The summed E-state index contributed by atoms with van der Waals surface area (Å²) >= 11 is 0. The van der Waals surface area contributed by atoms with Crippen LogP contribution in [0.4, 0.5) is 0 Å². The summed E-state index contributed by atoms with van der Waals surface area (Å²) in [6.07, 6.45) is 7.36. The van der Waals surface area contributed by atoms with E-state index in [4.69, 9.17) is 5.73 Å². The molecule has 0 aliphatic heterocycles. The van der Waals surface area contributed by atoms with Gasteiger partial charge in [-0.2, -0.15) is 0 Å². The predicted octanol–water partition coefficient (Wildman–Crippen LogP) is 2.16. The number of rotatable bonds is 1. The van der Waals surface area contributed by atoms with Crippen LogP contribution in [0.2, 0.25) is 0 Å². The van der Waals surface area contributed by atoms with E-state index in [0.717, 1.165) is 17.8 Å². The van der Waals surface area contributed by atoms with E-state index in [0.29, 0.717) is 6.04 Å². The number of hydrogen-bond donors (Lipinski definition) is 1. The van der Waals surface area contributed by atoms with E-state index in [-0.39, 0.29) is 0 Å². The smallest absolute Gasteiger partial charge is 0.00415 e. The Morgan fingerprint density at radius 3 is 2.09 bits per heavy atom. The summed E-state index contributed by atoms with van der Waals surface area (Å²) in [5.74, 6) is 2.89. The highest BCUT2D eigenvalue weighted by atomic mass is 14.7. The van der Waals surface area contributed by atoms with Gasteiger partial charge in [-0.3, -0.25) is 0 Å². The normalized spacial score (nSPS) is 45.8. The molecule has 1 nitrogen and oxygen atoms in total. The van der Waals surface area contributed by atoms with Crippen LogP contribution in [0.15, 0.2) is 0 Å². The SMILES string of the molecule is C[C@H](N)[C@@H]1CC2CCC1CC2. The predicted molar refractivity (Wildman–Crippen MR) is 47.2 cm³/mol. The van der Waals surface area contributed by atoms with E-state index < -0.39 is 0 Å². The molecule has 2 bridgehead atoms. The topological polar surface area (TPSA) is 26.0 Å². The van der Waals surface area contributed by atoms with E-state index in [9.17, 15) is 0 Å². The van der Waals surface area contributed by atoms with Crippen LogP contribution >= 0.6 is 0 Å². The lowest BCUT2D eigenvalue weighted by Crippen LogP contribution is -2.40. The lowest BCUT2D eigenvalue weighted by atomic mass is 9.63. The fourth-order valence-electron chi connectivity index (χ4n) is 3.07. The Morgan fingerprint density at radius 2 is 1.82 bits per heavy atom. The van der Waals surface area contributed by atoms with Gasteiger partial charge in [-0.05, 0) is 43.9 Å². The molecule has 0 unspecified atom stereocenters. The van der Waals surface area contributed by atoms with Crippen molar-refractivity contribution in [2.24, 2.45) is 23.5 Å². The maximum absolute atomic E-state index is 5.95. The van der Waals surface area contributed by atoms with Gasteiger partial charge in [-0.15, -0.1) is 0 Å². The molecule has 3 aliphatic rings. The molecular weight excluding hydrogens is 134 g/mol. The molecule has 0 radical (unpaired) electrons. The van der Waals surface area contributed by atoms with Crippen molar-refractivity contribution in [1.29, 1.82) is 0 Å². The quantitative estimate of drug-likeness (QED) is 0.614. The minimum absolute atomic E-state index is 0.447. The molecule has 3 rings (SSSR count). The first-order chi connectivity index (χ1) is 5.27. The third-order valence-corrected chi connectivity index (χ3v) is 3.78. The first-order valence-electron chi connectivity index (χ1n) is 5.03. The molecule has 0 saturated heterocycles. The molecule has 0 aromatic heterocycles. The van der Waals surface area contributed by atoms with E-state index in [1.54, 1.807) is 0 Å². The Labute approximate surface area is 69.4 Å². The van der Waals surface area contributed by atoms with E-state index in [1.165, 1.54) is 32.1 Å². The van der Waals surface area contributed by atoms with Crippen molar-refractivity contribution < 1.29 is 0 Å². The van der Waals surface area contributed by atoms with Gasteiger partial charge in [0.2, 0.25) is 0 Å². The summed E-state index contributed by atoms with van der Waals surface area (Å²) in [7, 11) is 0. The number of fused-ring (bicyclic) bond motifs is 3. The molecule has 0 aromatic carbocycles. The van der Waals surface area contributed by atoms with Crippen LogP contribution < -0.4 is 5.73 Å². The fraction of sp³-hybridized carbons (Fsp3) is 1.00. The molecule has 0 amide bonds. The summed E-state index contributed by atoms with van der Waals surface area (Å²) in [4.78, 5) is 0. The lowest BCUT2D eigenvalue weighted by molar-refractivity contribution is 0.0849. The molecule has 0 heterocycles. The molecule has 0 spiro atoms. The molecule has 1 heteroatoms. The Bertz CT molecular complexity index is 134.